The minimum Gasteiger partial charge on any atom is -0.378 e. The highest BCUT2D eigenvalue weighted by Crippen LogP contribution is 2.16. The fraction of sp³-hybridized carbons (Fsp3) is 0.421. The van der Waals surface area contributed by atoms with Crippen molar-refractivity contribution >= 4 is 23.0 Å². The zero-order valence-corrected chi connectivity index (χ0v) is 15.9. The molecule has 0 aliphatic heterocycles. The number of hydrogen-bond donors (Lipinski definition) is 2. The third kappa shape index (κ3) is 5.57. The van der Waals surface area contributed by atoms with Crippen LogP contribution in [0.25, 0.3) is 0 Å². The molecule has 0 aliphatic carbocycles. The van der Waals surface area contributed by atoms with Gasteiger partial charge in [0.1, 0.15) is 0 Å². The van der Waals surface area contributed by atoms with Gasteiger partial charge in [0.25, 0.3) is 0 Å². The van der Waals surface area contributed by atoms with Crippen LogP contribution in [0.5, 0.6) is 0 Å². The van der Waals surface area contributed by atoms with Gasteiger partial charge in [0.05, 0.1) is 6.54 Å². The molecule has 2 aromatic rings. The summed E-state index contributed by atoms with van der Waals surface area (Å²) in [6.07, 6.45) is 0.982. The van der Waals surface area contributed by atoms with Crippen LogP contribution in [0.15, 0.2) is 40.7 Å². The van der Waals surface area contributed by atoms with Gasteiger partial charge in [-0.15, -0.1) is 11.3 Å². The molecule has 0 radical (unpaired) electrons. The number of nitrogens with zero attached hydrogens (tertiary/aromatic N) is 2. The Morgan fingerprint density at radius 3 is 2.46 bits per heavy atom. The summed E-state index contributed by atoms with van der Waals surface area (Å²) >= 11 is 1.77. The number of hydrogen-bond acceptors (Lipinski definition) is 3. The fourth-order valence-corrected chi connectivity index (χ4v) is 3.17. The molecular formula is C19H28N4S. The first kappa shape index (κ1) is 18.3. The van der Waals surface area contributed by atoms with E-state index in [0.29, 0.717) is 0 Å². The van der Waals surface area contributed by atoms with Crippen LogP contribution in [0.4, 0.5) is 5.69 Å². The van der Waals surface area contributed by atoms with E-state index in [0.717, 1.165) is 32.0 Å². The molecule has 0 spiro atoms. The molecule has 1 heterocycles. The molecule has 0 bridgehead atoms. The SMILES string of the molecule is CCNC(=NCc1sccc1C)NCCc1ccc(N(C)C)cc1. The van der Waals surface area contributed by atoms with Gasteiger partial charge in [0.15, 0.2) is 5.96 Å². The first-order valence-electron chi connectivity index (χ1n) is 8.41. The molecule has 0 aliphatic rings. The van der Waals surface area contributed by atoms with Gasteiger partial charge >= 0.3 is 0 Å². The zero-order chi connectivity index (χ0) is 17.4. The molecule has 1 aromatic carbocycles. The lowest BCUT2D eigenvalue weighted by Crippen LogP contribution is -2.38. The van der Waals surface area contributed by atoms with Crippen molar-refractivity contribution in [3.63, 3.8) is 0 Å². The standard InChI is InChI=1S/C19H28N4S/c1-5-20-19(22-14-18-15(2)11-13-24-18)21-12-10-16-6-8-17(9-7-16)23(3)4/h6-9,11,13H,5,10,12,14H2,1-4H3,(H2,20,21,22). The van der Waals surface area contributed by atoms with Gasteiger partial charge in [-0.25, -0.2) is 4.99 Å². The third-order valence-electron chi connectivity index (χ3n) is 3.85. The molecule has 1 aromatic heterocycles. The van der Waals surface area contributed by atoms with Crippen molar-refractivity contribution in [2.24, 2.45) is 4.99 Å². The van der Waals surface area contributed by atoms with Crippen LogP contribution >= 0.6 is 11.3 Å². The number of aliphatic imine (C=N–C) groups is 1. The quantitative estimate of drug-likeness (QED) is 0.597. The van der Waals surface area contributed by atoms with Crippen molar-refractivity contribution in [1.82, 2.24) is 10.6 Å². The Hall–Kier alpha value is -2.01. The monoisotopic (exact) mass is 344 g/mol. The summed E-state index contributed by atoms with van der Waals surface area (Å²) in [4.78, 5) is 8.12. The average molecular weight is 345 g/mol. The average Bonchev–Trinajstić information content (AvgIpc) is 2.98. The first-order chi connectivity index (χ1) is 11.6. The number of benzene rings is 1. The van der Waals surface area contributed by atoms with E-state index in [1.165, 1.54) is 21.7 Å². The zero-order valence-electron chi connectivity index (χ0n) is 15.1. The normalized spacial score (nSPS) is 11.4. The van der Waals surface area contributed by atoms with E-state index >= 15 is 0 Å². The van der Waals surface area contributed by atoms with Crippen LogP contribution in [0.2, 0.25) is 0 Å². The Balaban J connectivity index is 1.85. The number of nitrogens with one attached hydrogen (secondary N) is 2. The highest BCUT2D eigenvalue weighted by Gasteiger charge is 2.02. The number of anilines is 1. The van der Waals surface area contributed by atoms with Gasteiger partial charge in [-0.3, -0.25) is 0 Å². The molecule has 4 nitrogen and oxygen atoms in total. The van der Waals surface area contributed by atoms with Crippen molar-refractivity contribution in [2.75, 3.05) is 32.1 Å². The van der Waals surface area contributed by atoms with Gasteiger partial charge in [-0.2, -0.15) is 0 Å². The molecule has 2 N–H and O–H groups in total. The van der Waals surface area contributed by atoms with Crippen molar-refractivity contribution in [1.29, 1.82) is 0 Å². The highest BCUT2D eigenvalue weighted by molar-refractivity contribution is 7.10. The fourth-order valence-electron chi connectivity index (χ4n) is 2.34. The Bertz CT molecular complexity index is 644. The summed E-state index contributed by atoms with van der Waals surface area (Å²) in [5.74, 6) is 0.884. The second-order valence-corrected chi connectivity index (χ2v) is 6.96. The summed E-state index contributed by atoms with van der Waals surface area (Å²) in [5.41, 5.74) is 3.88. The van der Waals surface area contributed by atoms with E-state index < -0.39 is 0 Å². The van der Waals surface area contributed by atoms with Gasteiger partial charge in [-0.05, 0) is 55.0 Å². The smallest absolute Gasteiger partial charge is 0.191 e. The van der Waals surface area contributed by atoms with E-state index in [9.17, 15) is 0 Å². The van der Waals surface area contributed by atoms with Gasteiger partial charge < -0.3 is 15.5 Å². The summed E-state index contributed by atoms with van der Waals surface area (Å²) in [5, 5.41) is 8.86. The maximum absolute atomic E-state index is 4.68. The topological polar surface area (TPSA) is 39.7 Å². The Labute approximate surface area is 149 Å². The Kier molecular flexibility index (Phi) is 7.12. The maximum Gasteiger partial charge on any atom is 0.191 e. The largest absolute Gasteiger partial charge is 0.378 e. The molecule has 5 heteroatoms. The summed E-state index contributed by atoms with van der Waals surface area (Å²) < 4.78 is 0. The van der Waals surface area contributed by atoms with E-state index in [-0.39, 0.29) is 0 Å². The van der Waals surface area contributed by atoms with Crippen molar-refractivity contribution in [2.45, 2.75) is 26.8 Å². The van der Waals surface area contributed by atoms with E-state index in [2.05, 4.69) is 84.2 Å². The summed E-state index contributed by atoms with van der Waals surface area (Å²) in [7, 11) is 4.12. The minimum atomic E-state index is 0.733. The van der Waals surface area contributed by atoms with Crippen LogP contribution in [0.3, 0.4) is 0 Å². The highest BCUT2D eigenvalue weighted by atomic mass is 32.1. The lowest BCUT2D eigenvalue weighted by atomic mass is 10.1. The van der Waals surface area contributed by atoms with Crippen molar-refractivity contribution in [3.8, 4) is 0 Å². The molecule has 0 saturated carbocycles. The maximum atomic E-state index is 4.68. The molecule has 0 unspecified atom stereocenters. The lowest BCUT2D eigenvalue weighted by Gasteiger charge is -2.13. The third-order valence-corrected chi connectivity index (χ3v) is 4.86. The number of aryl methyl sites for hydroxylation is 1. The molecule has 24 heavy (non-hydrogen) atoms. The molecule has 0 atom stereocenters. The molecule has 2 rings (SSSR count). The van der Waals surface area contributed by atoms with E-state index in [1.54, 1.807) is 11.3 Å². The van der Waals surface area contributed by atoms with Crippen molar-refractivity contribution in [3.05, 3.63) is 51.7 Å². The van der Waals surface area contributed by atoms with Crippen LogP contribution < -0.4 is 15.5 Å². The van der Waals surface area contributed by atoms with E-state index in [4.69, 9.17) is 0 Å². The number of guanidine groups is 1. The van der Waals surface area contributed by atoms with Crippen LogP contribution in [0, 0.1) is 6.92 Å². The molecule has 0 saturated heterocycles. The molecular weight excluding hydrogens is 316 g/mol. The van der Waals surface area contributed by atoms with Crippen LogP contribution in [-0.4, -0.2) is 33.1 Å². The predicted molar refractivity (Wildman–Crippen MR) is 106 cm³/mol. The van der Waals surface area contributed by atoms with Crippen LogP contribution in [-0.2, 0) is 13.0 Å². The second kappa shape index (κ2) is 9.33. The number of thiophene rings is 1. The minimum absolute atomic E-state index is 0.733. The van der Waals surface area contributed by atoms with Crippen molar-refractivity contribution < 1.29 is 0 Å². The Morgan fingerprint density at radius 1 is 1.12 bits per heavy atom. The molecule has 130 valence electrons. The summed E-state index contributed by atoms with van der Waals surface area (Å²) in [6.45, 7) is 6.70. The molecule has 0 fully saturated rings. The number of rotatable bonds is 7. The van der Waals surface area contributed by atoms with Gasteiger partial charge in [-0.1, -0.05) is 12.1 Å². The lowest BCUT2D eigenvalue weighted by molar-refractivity contribution is 0.800. The van der Waals surface area contributed by atoms with Crippen LogP contribution in [0.1, 0.15) is 22.9 Å². The Morgan fingerprint density at radius 2 is 1.88 bits per heavy atom. The summed E-state index contributed by atoms with van der Waals surface area (Å²) in [6, 6.07) is 10.8. The first-order valence-corrected chi connectivity index (χ1v) is 9.29. The van der Waals surface area contributed by atoms with Gasteiger partial charge in [0, 0.05) is 37.7 Å². The van der Waals surface area contributed by atoms with Gasteiger partial charge in [0.2, 0.25) is 0 Å². The van der Waals surface area contributed by atoms with E-state index in [1.807, 2.05) is 0 Å². The second-order valence-electron chi connectivity index (χ2n) is 5.96. The predicted octanol–water partition coefficient (Wildman–Crippen LogP) is 3.42. The molecule has 0 amide bonds.